The van der Waals surface area contributed by atoms with E-state index in [0.29, 0.717) is 13.2 Å². The lowest BCUT2D eigenvalue weighted by atomic mass is 10.1. The second-order valence-corrected chi connectivity index (χ2v) is 4.61. The Morgan fingerprint density at radius 2 is 2.05 bits per heavy atom. The number of rotatable bonds is 8. The summed E-state index contributed by atoms with van der Waals surface area (Å²) in [4.78, 5) is 11.2. The first-order valence-electron chi connectivity index (χ1n) is 6.24. The Hall–Kier alpha value is -1.80. The topological polar surface area (TPSA) is 76.4 Å². The van der Waals surface area contributed by atoms with Gasteiger partial charge in [0.1, 0.15) is 4.99 Å². The van der Waals surface area contributed by atoms with Crippen LogP contribution in [-0.4, -0.2) is 37.7 Å². The Morgan fingerprint density at radius 1 is 1.33 bits per heavy atom. The van der Waals surface area contributed by atoms with Gasteiger partial charge in [0.05, 0.1) is 12.3 Å². The van der Waals surface area contributed by atoms with E-state index in [1.54, 1.807) is 0 Å². The van der Waals surface area contributed by atoms with Gasteiger partial charge in [-0.25, -0.2) is 8.78 Å². The van der Waals surface area contributed by atoms with Crippen LogP contribution in [0.3, 0.4) is 0 Å². The van der Waals surface area contributed by atoms with Gasteiger partial charge in [0.25, 0.3) is 0 Å². The molecule has 4 N–H and O–H groups in total. The molecule has 1 rings (SSSR count). The van der Waals surface area contributed by atoms with Crippen LogP contribution in [0.15, 0.2) is 12.1 Å². The number of carbonyl (C=O) groups is 1. The van der Waals surface area contributed by atoms with Gasteiger partial charge in [0, 0.05) is 32.2 Å². The minimum atomic E-state index is -1.10. The molecule has 0 heterocycles. The number of nitrogens with one attached hydrogen (secondary N) is 2. The van der Waals surface area contributed by atoms with Crippen molar-refractivity contribution in [2.24, 2.45) is 5.73 Å². The van der Waals surface area contributed by atoms with Crippen LogP contribution >= 0.6 is 12.2 Å². The zero-order valence-electron chi connectivity index (χ0n) is 11.5. The average Bonchev–Trinajstić information content (AvgIpc) is 2.43. The highest BCUT2D eigenvalue weighted by molar-refractivity contribution is 7.80. The Kier molecular flexibility index (Phi) is 6.97. The summed E-state index contributed by atoms with van der Waals surface area (Å²) in [6.07, 6.45) is 0.127. The van der Waals surface area contributed by atoms with Gasteiger partial charge in [0.15, 0.2) is 11.6 Å². The third kappa shape index (κ3) is 5.24. The summed E-state index contributed by atoms with van der Waals surface area (Å²) in [5.74, 6) is -2.38. The Morgan fingerprint density at radius 3 is 2.67 bits per heavy atom. The standard InChI is InChI=1S/C13H17F2N3O2S/c1-20-7-6-18-10(19)4-5-17-9-3-2-8(13(16)21)11(14)12(9)15/h2-3,17H,4-7H2,1H3,(H2,16,21)(H,18,19). The van der Waals surface area contributed by atoms with E-state index in [-0.39, 0.29) is 35.1 Å². The highest BCUT2D eigenvalue weighted by Gasteiger charge is 2.14. The lowest BCUT2D eigenvalue weighted by Gasteiger charge is -2.10. The van der Waals surface area contributed by atoms with Crippen molar-refractivity contribution >= 4 is 28.8 Å². The van der Waals surface area contributed by atoms with Crippen LogP contribution in [0.25, 0.3) is 0 Å². The molecule has 0 spiro atoms. The molecule has 1 amide bonds. The number of ether oxygens (including phenoxy) is 1. The lowest BCUT2D eigenvalue weighted by molar-refractivity contribution is -0.121. The number of anilines is 1. The normalized spacial score (nSPS) is 10.2. The van der Waals surface area contributed by atoms with Crippen LogP contribution in [0.1, 0.15) is 12.0 Å². The number of carbonyl (C=O) groups excluding carboxylic acids is 1. The van der Waals surface area contributed by atoms with Gasteiger partial charge >= 0.3 is 0 Å². The van der Waals surface area contributed by atoms with Crippen molar-refractivity contribution in [3.63, 3.8) is 0 Å². The molecule has 0 saturated carbocycles. The molecule has 116 valence electrons. The van der Waals surface area contributed by atoms with E-state index in [1.165, 1.54) is 19.2 Å². The molecule has 0 fully saturated rings. The van der Waals surface area contributed by atoms with Crippen molar-refractivity contribution in [2.45, 2.75) is 6.42 Å². The molecule has 1 aromatic carbocycles. The average molecular weight is 317 g/mol. The lowest BCUT2D eigenvalue weighted by Crippen LogP contribution is -2.28. The quantitative estimate of drug-likeness (QED) is 0.495. The number of amides is 1. The largest absolute Gasteiger partial charge is 0.389 e. The maximum Gasteiger partial charge on any atom is 0.221 e. The fourth-order valence-corrected chi connectivity index (χ4v) is 1.73. The van der Waals surface area contributed by atoms with Gasteiger partial charge in [-0.15, -0.1) is 0 Å². The molecule has 0 saturated heterocycles. The molecule has 8 heteroatoms. The fourth-order valence-electron chi connectivity index (χ4n) is 1.57. The van der Waals surface area contributed by atoms with Crippen LogP contribution in [0.4, 0.5) is 14.5 Å². The van der Waals surface area contributed by atoms with Crippen molar-refractivity contribution < 1.29 is 18.3 Å². The minimum Gasteiger partial charge on any atom is -0.389 e. The molecule has 1 aromatic rings. The van der Waals surface area contributed by atoms with Crippen molar-refractivity contribution in [1.29, 1.82) is 0 Å². The highest BCUT2D eigenvalue weighted by Crippen LogP contribution is 2.20. The first kappa shape index (κ1) is 17.3. The van der Waals surface area contributed by atoms with Crippen LogP contribution in [0, 0.1) is 11.6 Å². The highest BCUT2D eigenvalue weighted by atomic mass is 32.1. The van der Waals surface area contributed by atoms with Gasteiger partial charge in [-0.05, 0) is 12.1 Å². The van der Waals surface area contributed by atoms with Crippen molar-refractivity contribution in [3.8, 4) is 0 Å². The number of benzene rings is 1. The Balaban J connectivity index is 2.51. The maximum atomic E-state index is 13.7. The van der Waals surface area contributed by atoms with Gasteiger partial charge in [0.2, 0.25) is 5.91 Å². The van der Waals surface area contributed by atoms with E-state index < -0.39 is 11.6 Å². The Labute approximate surface area is 126 Å². The maximum absolute atomic E-state index is 13.7. The summed E-state index contributed by atoms with van der Waals surface area (Å²) in [5, 5.41) is 5.26. The van der Waals surface area contributed by atoms with E-state index in [0.717, 1.165) is 0 Å². The van der Waals surface area contributed by atoms with E-state index >= 15 is 0 Å². The van der Waals surface area contributed by atoms with E-state index in [4.69, 9.17) is 10.5 Å². The third-order valence-electron chi connectivity index (χ3n) is 2.64. The number of nitrogens with two attached hydrogens (primary N) is 1. The summed E-state index contributed by atoms with van der Waals surface area (Å²) in [6, 6.07) is 2.62. The molecule has 5 nitrogen and oxygen atoms in total. The van der Waals surface area contributed by atoms with Crippen molar-refractivity contribution in [2.75, 3.05) is 32.1 Å². The number of halogens is 2. The van der Waals surface area contributed by atoms with Crippen LogP contribution in [0.2, 0.25) is 0 Å². The molecular weight excluding hydrogens is 300 g/mol. The molecule has 0 bridgehead atoms. The van der Waals surface area contributed by atoms with Gasteiger partial charge in [-0.2, -0.15) is 0 Å². The molecular formula is C13H17F2N3O2S. The molecule has 0 aromatic heterocycles. The fraction of sp³-hybridized carbons (Fsp3) is 0.385. The third-order valence-corrected chi connectivity index (χ3v) is 2.86. The summed E-state index contributed by atoms with van der Waals surface area (Å²) in [7, 11) is 1.53. The number of hydrogen-bond acceptors (Lipinski definition) is 4. The van der Waals surface area contributed by atoms with E-state index in [2.05, 4.69) is 22.9 Å². The summed E-state index contributed by atoms with van der Waals surface area (Å²) < 4.78 is 32.1. The predicted molar refractivity (Wildman–Crippen MR) is 80.2 cm³/mol. The molecule has 0 radical (unpaired) electrons. The zero-order chi connectivity index (χ0) is 15.8. The summed E-state index contributed by atoms with van der Waals surface area (Å²) >= 11 is 4.61. The predicted octanol–water partition coefficient (Wildman–Crippen LogP) is 1.16. The van der Waals surface area contributed by atoms with Crippen molar-refractivity contribution in [3.05, 3.63) is 29.3 Å². The van der Waals surface area contributed by atoms with Crippen LogP contribution < -0.4 is 16.4 Å². The molecule has 0 aliphatic heterocycles. The van der Waals surface area contributed by atoms with Gasteiger partial charge in [-0.1, -0.05) is 12.2 Å². The second-order valence-electron chi connectivity index (χ2n) is 4.17. The molecule has 0 unspecified atom stereocenters. The molecule has 0 atom stereocenters. The second kappa shape index (κ2) is 8.48. The number of methoxy groups -OCH3 is 1. The first-order valence-corrected chi connectivity index (χ1v) is 6.65. The molecule has 21 heavy (non-hydrogen) atoms. The SMILES string of the molecule is COCCNC(=O)CCNc1ccc(C(N)=S)c(F)c1F. The van der Waals surface area contributed by atoms with Gasteiger partial charge < -0.3 is 21.1 Å². The van der Waals surface area contributed by atoms with Crippen LogP contribution in [0.5, 0.6) is 0 Å². The smallest absolute Gasteiger partial charge is 0.221 e. The molecule has 0 aliphatic carbocycles. The van der Waals surface area contributed by atoms with Crippen molar-refractivity contribution in [1.82, 2.24) is 5.32 Å². The first-order chi connectivity index (χ1) is 9.97. The van der Waals surface area contributed by atoms with E-state index in [9.17, 15) is 13.6 Å². The summed E-state index contributed by atoms with van der Waals surface area (Å²) in [5.41, 5.74) is 5.08. The summed E-state index contributed by atoms with van der Waals surface area (Å²) in [6.45, 7) is 0.988. The monoisotopic (exact) mass is 317 g/mol. The van der Waals surface area contributed by atoms with Gasteiger partial charge in [-0.3, -0.25) is 4.79 Å². The number of thiocarbonyl (C=S) groups is 1. The Bertz CT molecular complexity index is 526. The van der Waals surface area contributed by atoms with Crippen LogP contribution in [-0.2, 0) is 9.53 Å². The minimum absolute atomic E-state index is 0.0443. The molecule has 0 aliphatic rings. The van der Waals surface area contributed by atoms with E-state index in [1.807, 2.05) is 0 Å². The number of hydrogen-bond donors (Lipinski definition) is 3. The zero-order valence-corrected chi connectivity index (χ0v) is 12.4.